The number of thioether (sulfide) groups is 1. The number of aromatic nitrogens is 2. The molecular weight excluding hydrogens is 286 g/mol. The van der Waals surface area contributed by atoms with Gasteiger partial charge < -0.3 is 10.8 Å². The molecule has 0 unspecified atom stereocenters. The Balaban J connectivity index is 2.82. The van der Waals surface area contributed by atoms with Gasteiger partial charge in [0.15, 0.2) is 0 Å². The smallest absolute Gasteiger partial charge is 0.321 e. The fraction of sp³-hybridized carbons (Fsp3) is 0.667. The van der Waals surface area contributed by atoms with Crippen molar-refractivity contribution >= 4 is 29.3 Å². The van der Waals surface area contributed by atoms with Gasteiger partial charge in [-0.2, -0.15) is 5.10 Å². The van der Waals surface area contributed by atoms with E-state index in [1.54, 1.807) is 4.68 Å². The normalized spacial score (nSPS) is 13.6. The maximum Gasteiger partial charge on any atom is 0.321 e. The standard InChI is InChI=1S/C12H20ClN3O2S/c1-5-7-9(13)8(16(4)15-7)6-19-12(2,3)10(14)11(17)18/h10H,5-6,14H2,1-4H3,(H,17,18)/t10-/m1/s1. The van der Waals surface area contributed by atoms with Crippen molar-refractivity contribution in [1.29, 1.82) is 0 Å². The number of hydrogen-bond acceptors (Lipinski definition) is 4. The Morgan fingerprint density at radius 1 is 1.63 bits per heavy atom. The largest absolute Gasteiger partial charge is 0.480 e. The zero-order valence-electron chi connectivity index (χ0n) is 11.6. The van der Waals surface area contributed by atoms with Gasteiger partial charge in [0.25, 0.3) is 0 Å². The van der Waals surface area contributed by atoms with Gasteiger partial charge in [0.1, 0.15) is 6.04 Å². The second-order valence-electron chi connectivity index (χ2n) is 4.89. The fourth-order valence-electron chi connectivity index (χ4n) is 1.62. The van der Waals surface area contributed by atoms with Crippen LogP contribution in [0.25, 0.3) is 0 Å². The number of nitrogens with zero attached hydrogens (tertiary/aromatic N) is 2. The molecule has 0 amide bonds. The Bertz CT molecular complexity index is 474. The van der Waals surface area contributed by atoms with E-state index >= 15 is 0 Å². The molecule has 1 aromatic heterocycles. The zero-order valence-corrected chi connectivity index (χ0v) is 13.2. The first-order valence-corrected chi connectivity index (χ1v) is 7.39. The highest BCUT2D eigenvalue weighted by molar-refractivity contribution is 7.99. The predicted molar refractivity (Wildman–Crippen MR) is 78.6 cm³/mol. The minimum atomic E-state index is -0.997. The number of rotatable bonds is 6. The molecule has 0 aliphatic carbocycles. The van der Waals surface area contributed by atoms with Crippen LogP contribution >= 0.6 is 23.4 Å². The summed E-state index contributed by atoms with van der Waals surface area (Å²) < 4.78 is 1.17. The quantitative estimate of drug-likeness (QED) is 0.841. The summed E-state index contributed by atoms with van der Waals surface area (Å²) in [6.45, 7) is 5.64. The number of aryl methyl sites for hydroxylation is 2. The van der Waals surface area contributed by atoms with Crippen LogP contribution in [0.1, 0.15) is 32.2 Å². The average molecular weight is 306 g/mol. The lowest BCUT2D eigenvalue weighted by atomic mass is 10.1. The number of carbonyl (C=O) groups is 1. The van der Waals surface area contributed by atoms with E-state index in [4.69, 9.17) is 22.4 Å². The Morgan fingerprint density at radius 3 is 2.63 bits per heavy atom. The van der Waals surface area contributed by atoms with Gasteiger partial charge in [-0.15, -0.1) is 11.8 Å². The maximum absolute atomic E-state index is 11.0. The molecule has 0 radical (unpaired) electrons. The van der Waals surface area contributed by atoms with Crippen LogP contribution in [0.3, 0.4) is 0 Å². The van der Waals surface area contributed by atoms with E-state index in [2.05, 4.69) is 5.10 Å². The van der Waals surface area contributed by atoms with Gasteiger partial charge in [0.2, 0.25) is 0 Å². The molecular formula is C12H20ClN3O2S. The summed E-state index contributed by atoms with van der Waals surface area (Å²) in [7, 11) is 1.84. The molecule has 0 saturated carbocycles. The molecule has 0 saturated heterocycles. The van der Waals surface area contributed by atoms with Crippen LogP contribution in [-0.2, 0) is 24.0 Å². The Kier molecular flexibility index (Phi) is 5.29. The summed E-state index contributed by atoms with van der Waals surface area (Å²) in [5, 5.41) is 14.0. The van der Waals surface area contributed by atoms with E-state index in [1.807, 2.05) is 27.8 Å². The average Bonchev–Trinajstić information content (AvgIpc) is 2.60. The SMILES string of the molecule is CCc1nn(C)c(CSC(C)(C)[C@H](N)C(=O)O)c1Cl. The first kappa shape index (κ1) is 16.3. The van der Waals surface area contributed by atoms with E-state index in [-0.39, 0.29) is 0 Å². The molecule has 0 aliphatic heterocycles. The first-order valence-electron chi connectivity index (χ1n) is 6.03. The van der Waals surface area contributed by atoms with Crippen molar-refractivity contribution in [3.63, 3.8) is 0 Å². The zero-order chi connectivity index (χ0) is 14.8. The fourth-order valence-corrected chi connectivity index (χ4v) is 3.18. The van der Waals surface area contributed by atoms with Gasteiger partial charge in [-0.25, -0.2) is 0 Å². The highest BCUT2D eigenvalue weighted by atomic mass is 35.5. The van der Waals surface area contributed by atoms with Crippen LogP contribution < -0.4 is 5.73 Å². The minimum absolute atomic E-state index is 0.578. The summed E-state index contributed by atoms with van der Waals surface area (Å²) in [6.07, 6.45) is 0.773. The van der Waals surface area contributed by atoms with Gasteiger partial charge in [-0.3, -0.25) is 9.48 Å². The number of carboxylic acids is 1. The van der Waals surface area contributed by atoms with E-state index in [0.717, 1.165) is 17.8 Å². The van der Waals surface area contributed by atoms with Crippen LogP contribution in [0.5, 0.6) is 0 Å². The van der Waals surface area contributed by atoms with Crippen molar-refractivity contribution < 1.29 is 9.90 Å². The third-order valence-corrected chi connectivity index (χ3v) is 4.95. The summed E-state index contributed by atoms with van der Waals surface area (Å²) in [6, 6.07) is -0.921. The van der Waals surface area contributed by atoms with Crippen molar-refractivity contribution in [1.82, 2.24) is 9.78 Å². The van der Waals surface area contributed by atoms with E-state index in [9.17, 15) is 4.79 Å². The summed E-state index contributed by atoms with van der Waals surface area (Å²) in [5.41, 5.74) is 7.45. The number of hydrogen-bond donors (Lipinski definition) is 2. The van der Waals surface area contributed by atoms with Crippen molar-refractivity contribution in [3.8, 4) is 0 Å². The molecule has 3 N–H and O–H groups in total. The molecule has 0 aromatic carbocycles. The summed E-state index contributed by atoms with van der Waals surface area (Å²) in [4.78, 5) is 11.0. The molecule has 0 spiro atoms. The minimum Gasteiger partial charge on any atom is -0.480 e. The number of carboxylic acid groups (broad SMARTS) is 1. The lowest BCUT2D eigenvalue weighted by Gasteiger charge is -2.27. The van der Waals surface area contributed by atoms with Crippen LogP contribution in [0.15, 0.2) is 0 Å². The van der Waals surface area contributed by atoms with Crippen LogP contribution in [-0.4, -0.2) is 31.6 Å². The van der Waals surface area contributed by atoms with Gasteiger partial charge in [-0.1, -0.05) is 18.5 Å². The van der Waals surface area contributed by atoms with E-state index in [1.165, 1.54) is 11.8 Å². The molecule has 1 aromatic rings. The first-order chi connectivity index (χ1) is 8.70. The second kappa shape index (κ2) is 6.15. The maximum atomic E-state index is 11.0. The van der Waals surface area contributed by atoms with Crippen molar-refractivity contribution in [2.24, 2.45) is 12.8 Å². The highest BCUT2D eigenvalue weighted by Gasteiger charge is 2.33. The van der Waals surface area contributed by atoms with Crippen molar-refractivity contribution in [3.05, 3.63) is 16.4 Å². The molecule has 5 nitrogen and oxygen atoms in total. The predicted octanol–water partition coefficient (Wildman–Crippen LogP) is 2.06. The molecule has 0 bridgehead atoms. The van der Waals surface area contributed by atoms with E-state index in [0.29, 0.717) is 10.8 Å². The molecule has 7 heteroatoms. The number of aliphatic carboxylic acids is 1. The van der Waals surface area contributed by atoms with Gasteiger partial charge in [0, 0.05) is 17.5 Å². The van der Waals surface area contributed by atoms with Gasteiger partial charge >= 0.3 is 5.97 Å². The third kappa shape index (κ3) is 3.64. The highest BCUT2D eigenvalue weighted by Crippen LogP contribution is 2.33. The Hall–Kier alpha value is -0.720. The summed E-state index contributed by atoms with van der Waals surface area (Å²) in [5.74, 6) is -0.418. The molecule has 1 atom stereocenters. The monoisotopic (exact) mass is 305 g/mol. The summed E-state index contributed by atoms with van der Waals surface area (Å²) >= 11 is 7.73. The van der Waals surface area contributed by atoms with Crippen molar-refractivity contribution in [2.45, 2.75) is 43.7 Å². The number of nitrogens with two attached hydrogens (primary N) is 1. The molecule has 1 heterocycles. The van der Waals surface area contributed by atoms with Crippen LogP contribution in [0.4, 0.5) is 0 Å². The molecule has 0 aliphatic rings. The van der Waals surface area contributed by atoms with E-state index < -0.39 is 16.8 Å². The topological polar surface area (TPSA) is 81.1 Å². The number of halogens is 1. The van der Waals surface area contributed by atoms with Crippen LogP contribution in [0, 0.1) is 0 Å². The molecule has 1 rings (SSSR count). The van der Waals surface area contributed by atoms with Gasteiger partial charge in [-0.05, 0) is 20.3 Å². The van der Waals surface area contributed by atoms with Gasteiger partial charge in [0.05, 0.1) is 16.4 Å². The Labute approximate surface area is 122 Å². The lowest BCUT2D eigenvalue weighted by molar-refractivity contribution is -0.139. The van der Waals surface area contributed by atoms with Crippen LogP contribution in [0.2, 0.25) is 5.02 Å². The molecule has 19 heavy (non-hydrogen) atoms. The van der Waals surface area contributed by atoms with Crippen molar-refractivity contribution in [2.75, 3.05) is 0 Å². The molecule has 108 valence electrons. The Morgan fingerprint density at radius 2 is 2.21 bits per heavy atom. The third-order valence-electron chi connectivity index (χ3n) is 3.10. The molecule has 0 fully saturated rings. The second-order valence-corrected chi connectivity index (χ2v) is 6.90. The lowest BCUT2D eigenvalue weighted by Crippen LogP contribution is -2.46.